The molecule has 9 heteroatoms. The fourth-order valence-corrected chi connectivity index (χ4v) is 3.79. The number of nitrogens with one attached hydrogen (secondary N) is 1. The summed E-state index contributed by atoms with van der Waals surface area (Å²) in [4.78, 5) is 37.3. The molecule has 7 nitrogen and oxygen atoms in total. The maximum atomic E-state index is 12.9. The molecule has 0 aliphatic heterocycles. The van der Waals surface area contributed by atoms with E-state index in [0.29, 0.717) is 10.0 Å². The predicted octanol–water partition coefficient (Wildman–Crippen LogP) is 2.20. The van der Waals surface area contributed by atoms with Crippen molar-refractivity contribution in [3.05, 3.63) is 64.1 Å². The Bertz CT molecular complexity index is 1030. The number of primary amides is 1. The minimum absolute atomic E-state index is 0.148. The van der Waals surface area contributed by atoms with Gasteiger partial charge in [0.15, 0.2) is 0 Å². The first-order chi connectivity index (χ1) is 13.3. The van der Waals surface area contributed by atoms with E-state index in [0.717, 1.165) is 10.4 Å². The molecule has 144 valence electrons. The summed E-state index contributed by atoms with van der Waals surface area (Å²) in [7, 11) is 1.69. The van der Waals surface area contributed by atoms with Gasteiger partial charge in [-0.25, -0.2) is 0 Å². The highest BCUT2D eigenvalue weighted by atomic mass is 35.5. The normalized spacial score (nSPS) is 11.8. The third kappa shape index (κ3) is 4.47. The molecule has 3 aromatic rings. The smallest absolute Gasteiger partial charge is 0.287 e. The second kappa shape index (κ2) is 8.37. The van der Waals surface area contributed by atoms with Gasteiger partial charge in [-0.2, -0.15) is 5.10 Å². The third-order valence-electron chi connectivity index (χ3n) is 4.03. The molecule has 2 amide bonds. The summed E-state index contributed by atoms with van der Waals surface area (Å²) < 4.78 is 2.07. The maximum Gasteiger partial charge on any atom is 0.287 e. The van der Waals surface area contributed by atoms with Crippen molar-refractivity contribution in [1.29, 1.82) is 0 Å². The Labute approximate surface area is 170 Å². The van der Waals surface area contributed by atoms with Crippen LogP contribution in [0.3, 0.4) is 0 Å². The number of Topliss-reactive ketones (excluding diaryl/α,β-unsaturated/α-hetero) is 1. The van der Waals surface area contributed by atoms with E-state index in [4.69, 9.17) is 17.3 Å². The van der Waals surface area contributed by atoms with Gasteiger partial charge in [-0.05, 0) is 17.7 Å². The van der Waals surface area contributed by atoms with Crippen LogP contribution < -0.4 is 11.1 Å². The van der Waals surface area contributed by atoms with Gasteiger partial charge in [0.2, 0.25) is 5.78 Å². The number of carbonyl (C=O) groups excluding carboxylic acids is 3. The quantitative estimate of drug-likeness (QED) is 0.575. The summed E-state index contributed by atoms with van der Waals surface area (Å²) >= 11 is 7.27. The van der Waals surface area contributed by atoms with E-state index >= 15 is 0 Å². The number of benzene rings is 1. The van der Waals surface area contributed by atoms with Gasteiger partial charge in [-0.15, -0.1) is 11.3 Å². The number of ketones is 1. The van der Waals surface area contributed by atoms with Crippen LogP contribution in [0.5, 0.6) is 0 Å². The van der Waals surface area contributed by atoms with Crippen LogP contribution in [0.1, 0.15) is 15.9 Å². The van der Waals surface area contributed by atoms with Gasteiger partial charge in [0.05, 0.1) is 14.8 Å². The molecule has 0 spiro atoms. The van der Waals surface area contributed by atoms with Crippen LogP contribution in [0.15, 0.2) is 48.7 Å². The van der Waals surface area contributed by atoms with Crippen LogP contribution in [0.4, 0.5) is 0 Å². The fraction of sp³-hybridized carbons (Fsp3) is 0.158. The van der Waals surface area contributed by atoms with E-state index in [2.05, 4.69) is 10.4 Å². The fourth-order valence-electron chi connectivity index (χ4n) is 2.74. The monoisotopic (exact) mass is 416 g/mol. The summed E-state index contributed by atoms with van der Waals surface area (Å²) in [6.45, 7) is 0. The third-order valence-corrected chi connectivity index (χ3v) is 5.27. The zero-order chi connectivity index (χ0) is 20.3. The Morgan fingerprint density at radius 2 is 1.93 bits per heavy atom. The van der Waals surface area contributed by atoms with E-state index in [9.17, 15) is 14.4 Å². The molecule has 1 aromatic carbocycles. The lowest BCUT2D eigenvalue weighted by Crippen LogP contribution is -2.47. The number of halogens is 1. The topological polar surface area (TPSA) is 107 Å². The number of hydrogen-bond acceptors (Lipinski definition) is 5. The number of aromatic nitrogens is 2. The molecular formula is C19H17ClN4O3S. The van der Waals surface area contributed by atoms with E-state index in [1.54, 1.807) is 37.5 Å². The highest BCUT2D eigenvalue weighted by molar-refractivity contribution is 7.19. The number of nitrogens with zero attached hydrogens (tertiary/aromatic N) is 2. The number of thiophene rings is 1. The molecule has 1 unspecified atom stereocenters. The zero-order valence-electron chi connectivity index (χ0n) is 14.9. The summed E-state index contributed by atoms with van der Waals surface area (Å²) in [5.74, 6) is -2.48. The van der Waals surface area contributed by atoms with Crippen molar-refractivity contribution in [2.45, 2.75) is 12.5 Å². The molecule has 2 aromatic heterocycles. The number of amides is 2. The highest BCUT2D eigenvalue weighted by Gasteiger charge is 2.28. The minimum atomic E-state index is -1.10. The molecule has 0 saturated carbocycles. The Kier molecular flexibility index (Phi) is 5.91. The summed E-state index contributed by atoms with van der Waals surface area (Å²) in [5.41, 5.74) is 6.67. The molecule has 0 radical (unpaired) electrons. The second-order valence-corrected chi connectivity index (χ2v) is 7.83. The first-order valence-corrected chi connectivity index (χ1v) is 9.52. The number of rotatable bonds is 7. The van der Waals surface area contributed by atoms with E-state index < -0.39 is 23.6 Å². The average Bonchev–Trinajstić information content (AvgIpc) is 3.26. The van der Waals surface area contributed by atoms with Crippen molar-refractivity contribution < 1.29 is 14.4 Å². The van der Waals surface area contributed by atoms with Crippen LogP contribution in [0.25, 0.3) is 10.6 Å². The van der Waals surface area contributed by atoms with Gasteiger partial charge in [0.1, 0.15) is 11.7 Å². The molecule has 0 fully saturated rings. The van der Waals surface area contributed by atoms with E-state index in [-0.39, 0.29) is 12.0 Å². The Balaban J connectivity index is 1.88. The molecule has 0 bridgehead atoms. The van der Waals surface area contributed by atoms with Crippen LogP contribution in [-0.4, -0.2) is 33.4 Å². The molecular weight excluding hydrogens is 400 g/mol. The molecule has 28 heavy (non-hydrogen) atoms. The Morgan fingerprint density at radius 3 is 2.54 bits per heavy atom. The van der Waals surface area contributed by atoms with Gasteiger partial charge in [0, 0.05) is 19.7 Å². The van der Waals surface area contributed by atoms with Gasteiger partial charge < -0.3 is 11.1 Å². The van der Waals surface area contributed by atoms with Crippen molar-refractivity contribution in [2.24, 2.45) is 12.8 Å². The zero-order valence-corrected chi connectivity index (χ0v) is 16.5. The number of aryl methyl sites for hydroxylation is 1. The predicted molar refractivity (Wildman–Crippen MR) is 107 cm³/mol. The van der Waals surface area contributed by atoms with Gasteiger partial charge in [0.25, 0.3) is 11.8 Å². The SMILES string of the molecule is Cn1cc(C(=O)NC(Cc2ccccc2)C(=O)C(N)=O)c(-c2ccc(Cl)s2)n1. The lowest BCUT2D eigenvalue weighted by Gasteiger charge is -2.16. The van der Waals surface area contributed by atoms with Crippen molar-refractivity contribution >= 4 is 40.5 Å². The van der Waals surface area contributed by atoms with Gasteiger partial charge in [-0.3, -0.25) is 19.1 Å². The second-order valence-electron chi connectivity index (χ2n) is 6.11. The molecule has 0 aliphatic rings. The molecule has 0 saturated heterocycles. The highest BCUT2D eigenvalue weighted by Crippen LogP contribution is 2.32. The molecule has 1 atom stereocenters. The summed E-state index contributed by atoms with van der Waals surface area (Å²) in [6.07, 6.45) is 1.70. The largest absolute Gasteiger partial charge is 0.363 e. The van der Waals surface area contributed by atoms with Crippen molar-refractivity contribution in [3.8, 4) is 10.6 Å². The van der Waals surface area contributed by atoms with Crippen LogP contribution in [-0.2, 0) is 23.1 Å². The Hall–Kier alpha value is -2.97. The summed E-state index contributed by atoms with van der Waals surface area (Å²) in [6, 6.07) is 11.5. The van der Waals surface area contributed by atoms with Gasteiger partial charge in [-0.1, -0.05) is 41.9 Å². The van der Waals surface area contributed by atoms with Crippen molar-refractivity contribution in [1.82, 2.24) is 15.1 Å². The van der Waals surface area contributed by atoms with E-state index in [1.165, 1.54) is 16.0 Å². The standard InChI is InChI=1S/C19H17ClN4O3S/c1-24-10-12(16(23-24)14-7-8-15(20)28-14)19(27)22-13(17(25)18(21)26)9-11-5-3-2-4-6-11/h2-8,10,13H,9H2,1H3,(H2,21,26)(H,22,27). The van der Waals surface area contributed by atoms with Crippen LogP contribution in [0, 0.1) is 0 Å². The number of hydrogen-bond donors (Lipinski definition) is 2. The Morgan fingerprint density at radius 1 is 1.21 bits per heavy atom. The maximum absolute atomic E-state index is 12.9. The van der Waals surface area contributed by atoms with E-state index in [1.807, 2.05) is 18.2 Å². The first kappa shape index (κ1) is 19.8. The molecule has 2 heterocycles. The minimum Gasteiger partial charge on any atom is -0.363 e. The number of carbonyl (C=O) groups is 3. The first-order valence-electron chi connectivity index (χ1n) is 8.33. The van der Waals surface area contributed by atoms with Gasteiger partial charge >= 0.3 is 0 Å². The average molecular weight is 417 g/mol. The molecule has 3 rings (SSSR count). The van der Waals surface area contributed by atoms with Crippen LogP contribution >= 0.6 is 22.9 Å². The molecule has 0 aliphatic carbocycles. The molecule has 3 N–H and O–H groups in total. The number of nitrogens with two attached hydrogens (primary N) is 1. The summed E-state index contributed by atoms with van der Waals surface area (Å²) in [5, 5.41) is 6.94. The lowest BCUT2D eigenvalue weighted by molar-refractivity contribution is -0.137. The van der Waals surface area contributed by atoms with Crippen molar-refractivity contribution in [2.75, 3.05) is 0 Å². The van der Waals surface area contributed by atoms with Crippen molar-refractivity contribution in [3.63, 3.8) is 0 Å². The lowest BCUT2D eigenvalue weighted by atomic mass is 10.0. The van der Waals surface area contributed by atoms with Crippen LogP contribution in [0.2, 0.25) is 4.34 Å².